The summed E-state index contributed by atoms with van der Waals surface area (Å²) in [6.45, 7) is 0. The van der Waals surface area contributed by atoms with Gasteiger partial charge in [0.15, 0.2) is 0 Å². The molecule has 17 heavy (non-hydrogen) atoms. The summed E-state index contributed by atoms with van der Waals surface area (Å²) in [5, 5.41) is 1.15. The van der Waals surface area contributed by atoms with E-state index in [2.05, 4.69) is 17.1 Å². The SMILES string of the molecule is COc1nc2ccccc2cc1CC1(N)CC1. The second kappa shape index (κ2) is 3.70. The van der Waals surface area contributed by atoms with E-state index in [0.717, 1.165) is 35.7 Å². The second-order valence-corrected chi connectivity index (χ2v) is 4.89. The first-order valence-electron chi connectivity index (χ1n) is 5.92. The van der Waals surface area contributed by atoms with Crippen LogP contribution < -0.4 is 10.5 Å². The van der Waals surface area contributed by atoms with Crippen LogP contribution in [-0.4, -0.2) is 17.6 Å². The second-order valence-electron chi connectivity index (χ2n) is 4.89. The van der Waals surface area contributed by atoms with Gasteiger partial charge in [-0.25, -0.2) is 4.98 Å². The standard InChI is InChI=1S/C14H16N2O/c1-17-13-11(9-14(15)6-7-14)8-10-4-2-3-5-12(10)16-13/h2-5,8H,6-7,9,15H2,1H3. The highest BCUT2D eigenvalue weighted by Crippen LogP contribution is 2.38. The molecule has 3 heteroatoms. The molecule has 1 aliphatic carbocycles. The number of pyridine rings is 1. The number of hydrogen-bond acceptors (Lipinski definition) is 3. The smallest absolute Gasteiger partial charge is 0.216 e. The van der Waals surface area contributed by atoms with Crippen LogP contribution in [0, 0.1) is 0 Å². The lowest BCUT2D eigenvalue weighted by atomic mass is 10.0. The molecule has 2 aromatic rings. The number of para-hydroxylation sites is 1. The molecule has 1 saturated carbocycles. The van der Waals surface area contributed by atoms with Crippen molar-refractivity contribution in [3.8, 4) is 5.88 Å². The molecular formula is C14H16N2O. The lowest BCUT2D eigenvalue weighted by molar-refractivity contribution is 0.392. The van der Waals surface area contributed by atoms with Gasteiger partial charge in [0.2, 0.25) is 5.88 Å². The summed E-state index contributed by atoms with van der Waals surface area (Å²) in [6, 6.07) is 10.2. The maximum absolute atomic E-state index is 6.16. The van der Waals surface area contributed by atoms with E-state index in [4.69, 9.17) is 10.5 Å². The zero-order valence-electron chi connectivity index (χ0n) is 9.94. The zero-order chi connectivity index (χ0) is 11.9. The summed E-state index contributed by atoms with van der Waals surface area (Å²) < 4.78 is 5.36. The summed E-state index contributed by atoms with van der Waals surface area (Å²) in [4.78, 5) is 4.53. The minimum Gasteiger partial charge on any atom is -0.481 e. The summed E-state index contributed by atoms with van der Waals surface area (Å²) in [6.07, 6.45) is 3.06. The Morgan fingerprint density at radius 2 is 2.12 bits per heavy atom. The molecule has 0 spiro atoms. The predicted molar refractivity (Wildman–Crippen MR) is 68.2 cm³/mol. The molecule has 1 aliphatic rings. The first-order valence-corrected chi connectivity index (χ1v) is 5.92. The summed E-state index contributed by atoms with van der Waals surface area (Å²) in [5.74, 6) is 0.709. The summed E-state index contributed by atoms with van der Waals surface area (Å²) in [7, 11) is 1.66. The average molecular weight is 228 g/mol. The van der Waals surface area contributed by atoms with Crippen LogP contribution in [0.5, 0.6) is 5.88 Å². The topological polar surface area (TPSA) is 48.1 Å². The van der Waals surface area contributed by atoms with E-state index >= 15 is 0 Å². The molecular weight excluding hydrogens is 212 g/mol. The van der Waals surface area contributed by atoms with Gasteiger partial charge in [-0.1, -0.05) is 18.2 Å². The van der Waals surface area contributed by atoms with Crippen LogP contribution in [0.1, 0.15) is 18.4 Å². The van der Waals surface area contributed by atoms with Crippen molar-refractivity contribution in [2.75, 3.05) is 7.11 Å². The van der Waals surface area contributed by atoms with Gasteiger partial charge in [-0.3, -0.25) is 0 Å². The molecule has 1 aromatic heterocycles. The maximum atomic E-state index is 6.16. The van der Waals surface area contributed by atoms with E-state index in [1.165, 1.54) is 0 Å². The summed E-state index contributed by atoms with van der Waals surface area (Å²) >= 11 is 0. The molecule has 1 fully saturated rings. The van der Waals surface area contributed by atoms with Gasteiger partial charge >= 0.3 is 0 Å². The van der Waals surface area contributed by atoms with Crippen molar-refractivity contribution >= 4 is 10.9 Å². The van der Waals surface area contributed by atoms with E-state index in [9.17, 15) is 0 Å². The van der Waals surface area contributed by atoms with Crippen LogP contribution >= 0.6 is 0 Å². The Labute approximate surface area is 101 Å². The van der Waals surface area contributed by atoms with Crippen molar-refractivity contribution in [2.45, 2.75) is 24.8 Å². The molecule has 0 atom stereocenters. The molecule has 1 aromatic carbocycles. The predicted octanol–water partition coefficient (Wildman–Crippen LogP) is 2.28. The molecule has 88 valence electrons. The molecule has 1 heterocycles. The van der Waals surface area contributed by atoms with E-state index in [0.29, 0.717) is 5.88 Å². The third-order valence-corrected chi connectivity index (χ3v) is 3.39. The van der Waals surface area contributed by atoms with Crippen LogP contribution in [0.15, 0.2) is 30.3 Å². The van der Waals surface area contributed by atoms with E-state index < -0.39 is 0 Å². The molecule has 0 unspecified atom stereocenters. The number of ether oxygens (including phenoxy) is 1. The highest BCUT2D eigenvalue weighted by molar-refractivity contribution is 5.80. The number of nitrogens with zero attached hydrogens (tertiary/aromatic N) is 1. The monoisotopic (exact) mass is 228 g/mol. The third kappa shape index (κ3) is 1.98. The third-order valence-electron chi connectivity index (χ3n) is 3.39. The Kier molecular flexibility index (Phi) is 2.30. The molecule has 3 rings (SSSR count). The first kappa shape index (κ1) is 10.5. The van der Waals surface area contributed by atoms with Crippen molar-refractivity contribution in [3.63, 3.8) is 0 Å². The lowest BCUT2D eigenvalue weighted by Gasteiger charge is -2.12. The van der Waals surface area contributed by atoms with Gasteiger partial charge in [-0.2, -0.15) is 0 Å². The molecule has 0 amide bonds. The van der Waals surface area contributed by atoms with Gasteiger partial charge in [-0.05, 0) is 31.4 Å². The fourth-order valence-electron chi connectivity index (χ4n) is 2.16. The number of methoxy groups -OCH3 is 1. The fraction of sp³-hybridized carbons (Fsp3) is 0.357. The Morgan fingerprint density at radius 3 is 2.82 bits per heavy atom. The Morgan fingerprint density at radius 1 is 1.35 bits per heavy atom. The molecule has 2 N–H and O–H groups in total. The summed E-state index contributed by atoms with van der Waals surface area (Å²) in [5.41, 5.74) is 8.23. The molecule has 0 saturated heterocycles. The molecule has 0 aliphatic heterocycles. The molecule has 3 nitrogen and oxygen atoms in total. The maximum Gasteiger partial charge on any atom is 0.216 e. The molecule has 0 radical (unpaired) electrons. The molecule has 0 bridgehead atoms. The van der Waals surface area contributed by atoms with Crippen LogP contribution in [0.2, 0.25) is 0 Å². The minimum atomic E-state index is -0.0165. The average Bonchev–Trinajstić information content (AvgIpc) is 3.06. The number of fused-ring (bicyclic) bond motifs is 1. The van der Waals surface area contributed by atoms with Crippen molar-refractivity contribution in [1.82, 2.24) is 4.98 Å². The van der Waals surface area contributed by atoms with Crippen LogP contribution in [-0.2, 0) is 6.42 Å². The van der Waals surface area contributed by atoms with E-state index in [1.807, 2.05) is 18.2 Å². The Balaban J connectivity index is 2.08. The quantitative estimate of drug-likeness (QED) is 0.876. The first-order chi connectivity index (χ1) is 8.20. The highest BCUT2D eigenvalue weighted by atomic mass is 16.5. The van der Waals surface area contributed by atoms with Gasteiger partial charge in [0, 0.05) is 16.5 Å². The van der Waals surface area contributed by atoms with E-state index in [1.54, 1.807) is 7.11 Å². The fourth-order valence-corrected chi connectivity index (χ4v) is 2.16. The number of aromatic nitrogens is 1. The van der Waals surface area contributed by atoms with E-state index in [-0.39, 0.29) is 5.54 Å². The number of rotatable bonds is 3. The zero-order valence-corrected chi connectivity index (χ0v) is 9.94. The highest BCUT2D eigenvalue weighted by Gasteiger charge is 2.38. The van der Waals surface area contributed by atoms with Crippen molar-refractivity contribution < 1.29 is 4.74 Å². The van der Waals surface area contributed by atoms with Crippen molar-refractivity contribution in [3.05, 3.63) is 35.9 Å². The van der Waals surface area contributed by atoms with Crippen LogP contribution in [0.4, 0.5) is 0 Å². The Hall–Kier alpha value is -1.61. The number of hydrogen-bond donors (Lipinski definition) is 1. The van der Waals surface area contributed by atoms with Crippen molar-refractivity contribution in [1.29, 1.82) is 0 Å². The van der Waals surface area contributed by atoms with Crippen molar-refractivity contribution in [2.24, 2.45) is 5.73 Å². The van der Waals surface area contributed by atoms with Gasteiger partial charge in [-0.15, -0.1) is 0 Å². The van der Waals surface area contributed by atoms with Gasteiger partial charge in [0.25, 0.3) is 0 Å². The Bertz CT molecular complexity index is 561. The van der Waals surface area contributed by atoms with Crippen LogP contribution in [0.3, 0.4) is 0 Å². The van der Waals surface area contributed by atoms with Crippen LogP contribution in [0.25, 0.3) is 10.9 Å². The number of nitrogens with two attached hydrogens (primary N) is 1. The van der Waals surface area contributed by atoms with Gasteiger partial charge in [0.1, 0.15) is 0 Å². The largest absolute Gasteiger partial charge is 0.481 e. The van der Waals surface area contributed by atoms with Gasteiger partial charge in [0.05, 0.1) is 12.6 Å². The van der Waals surface area contributed by atoms with Gasteiger partial charge < -0.3 is 10.5 Å². The number of benzene rings is 1. The normalized spacial score (nSPS) is 17.1. The minimum absolute atomic E-state index is 0.0165. The lowest BCUT2D eigenvalue weighted by Crippen LogP contribution is -2.24.